The molecule has 1 saturated heterocycles. The molecule has 7 nitrogen and oxygen atoms in total. The van der Waals surface area contributed by atoms with Gasteiger partial charge >= 0.3 is 0 Å². The van der Waals surface area contributed by atoms with Gasteiger partial charge in [-0.1, -0.05) is 19.3 Å². The monoisotopic (exact) mass is 415 g/mol. The summed E-state index contributed by atoms with van der Waals surface area (Å²) in [6, 6.07) is 3.63. The summed E-state index contributed by atoms with van der Waals surface area (Å²) < 4.78 is 27.9. The minimum absolute atomic E-state index is 0.205. The molecule has 0 N–H and O–H groups in total. The molecule has 1 aliphatic heterocycles. The second-order valence-corrected chi connectivity index (χ2v) is 9.99. The van der Waals surface area contributed by atoms with Gasteiger partial charge in [0.1, 0.15) is 4.90 Å². The first kappa shape index (κ1) is 20.4. The van der Waals surface area contributed by atoms with Gasteiger partial charge in [-0.05, 0) is 37.8 Å². The summed E-state index contributed by atoms with van der Waals surface area (Å²) in [6.07, 6.45) is 11.5. The van der Waals surface area contributed by atoms with Crippen molar-refractivity contribution in [3.63, 3.8) is 0 Å². The lowest BCUT2D eigenvalue weighted by Crippen LogP contribution is -2.49. The molecule has 2 aliphatic rings. The molecule has 1 aliphatic carbocycles. The average molecular weight is 416 g/mol. The summed E-state index contributed by atoms with van der Waals surface area (Å²) in [4.78, 5) is 15.4. The van der Waals surface area contributed by atoms with Crippen molar-refractivity contribution in [3.8, 4) is 11.4 Å². The molecule has 0 amide bonds. The zero-order chi connectivity index (χ0) is 20.3. The molecule has 29 heavy (non-hydrogen) atoms. The zero-order valence-electron chi connectivity index (χ0n) is 17.0. The Kier molecular flexibility index (Phi) is 6.22. The van der Waals surface area contributed by atoms with Crippen LogP contribution in [0.2, 0.25) is 0 Å². The van der Waals surface area contributed by atoms with E-state index in [4.69, 9.17) is 0 Å². The van der Waals surface area contributed by atoms with E-state index >= 15 is 0 Å². The highest BCUT2D eigenvalue weighted by molar-refractivity contribution is 7.89. The Morgan fingerprint density at radius 1 is 1.03 bits per heavy atom. The zero-order valence-corrected chi connectivity index (χ0v) is 17.8. The number of aromatic nitrogens is 3. The van der Waals surface area contributed by atoms with E-state index in [9.17, 15) is 8.42 Å². The molecule has 8 heteroatoms. The third-order valence-corrected chi connectivity index (χ3v) is 8.06. The van der Waals surface area contributed by atoms with Crippen LogP contribution >= 0.6 is 0 Å². The number of rotatable bonds is 5. The third kappa shape index (κ3) is 4.65. The van der Waals surface area contributed by atoms with Gasteiger partial charge in [0.05, 0.1) is 11.9 Å². The Bertz CT molecular complexity index is 921. The summed E-state index contributed by atoms with van der Waals surface area (Å²) in [5.74, 6) is 1.30. The first-order chi connectivity index (χ1) is 14.0. The van der Waals surface area contributed by atoms with E-state index in [1.54, 1.807) is 23.6 Å². The van der Waals surface area contributed by atoms with Crippen molar-refractivity contribution in [1.82, 2.24) is 24.2 Å². The molecule has 0 unspecified atom stereocenters. The van der Waals surface area contributed by atoms with Gasteiger partial charge in [0, 0.05) is 50.7 Å². The maximum Gasteiger partial charge on any atom is 0.246 e. The molecule has 156 valence electrons. The van der Waals surface area contributed by atoms with Crippen molar-refractivity contribution in [2.45, 2.75) is 43.9 Å². The molecule has 2 fully saturated rings. The summed E-state index contributed by atoms with van der Waals surface area (Å²) in [5.41, 5.74) is 1.31. The van der Waals surface area contributed by atoms with Crippen molar-refractivity contribution in [3.05, 3.63) is 36.4 Å². The number of hydrogen-bond donors (Lipinski definition) is 0. The molecule has 0 radical (unpaired) electrons. The van der Waals surface area contributed by atoms with Crippen molar-refractivity contribution in [2.75, 3.05) is 32.7 Å². The average Bonchev–Trinajstić information content (AvgIpc) is 2.75. The minimum Gasteiger partial charge on any atom is -0.300 e. The Hall–Kier alpha value is -1.90. The quantitative estimate of drug-likeness (QED) is 0.747. The van der Waals surface area contributed by atoms with Gasteiger partial charge in [0.25, 0.3) is 0 Å². The second-order valence-electron chi connectivity index (χ2n) is 8.09. The molecule has 1 saturated carbocycles. The van der Waals surface area contributed by atoms with Crippen LogP contribution in [0.15, 0.2) is 35.6 Å². The van der Waals surface area contributed by atoms with Crippen LogP contribution in [-0.2, 0) is 10.0 Å². The maximum absolute atomic E-state index is 13.2. The Morgan fingerprint density at radius 3 is 2.38 bits per heavy atom. The number of nitrogens with zero attached hydrogens (tertiary/aromatic N) is 5. The maximum atomic E-state index is 13.2. The highest BCUT2D eigenvalue weighted by atomic mass is 32.2. The van der Waals surface area contributed by atoms with Crippen LogP contribution in [0.5, 0.6) is 0 Å². The predicted octanol–water partition coefficient (Wildman–Crippen LogP) is 2.73. The molecule has 0 aromatic carbocycles. The minimum atomic E-state index is -3.58. The summed E-state index contributed by atoms with van der Waals surface area (Å²) >= 11 is 0. The molecule has 4 rings (SSSR count). The fourth-order valence-corrected chi connectivity index (χ4v) is 5.90. The van der Waals surface area contributed by atoms with Crippen molar-refractivity contribution in [1.29, 1.82) is 0 Å². The van der Waals surface area contributed by atoms with Crippen LogP contribution in [-0.4, -0.2) is 65.3 Å². The molecule has 0 bridgehead atoms. The number of aryl methyl sites for hydroxylation is 1. The van der Waals surface area contributed by atoms with Crippen LogP contribution in [0.3, 0.4) is 0 Å². The number of hydrogen-bond acceptors (Lipinski definition) is 6. The second kappa shape index (κ2) is 8.85. The van der Waals surface area contributed by atoms with Crippen molar-refractivity contribution < 1.29 is 8.42 Å². The molecule has 0 spiro atoms. The predicted molar refractivity (Wildman–Crippen MR) is 112 cm³/mol. The van der Waals surface area contributed by atoms with Crippen molar-refractivity contribution in [2.24, 2.45) is 5.92 Å². The van der Waals surface area contributed by atoms with Gasteiger partial charge < -0.3 is 4.90 Å². The van der Waals surface area contributed by atoms with Gasteiger partial charge in [-0.25, -0.2) is 18.4 Å². The van der Waals surface area contributed by atoms with Crippen molar-refractivity contribution >= 4 is 10.0 Å². The fourth-order valence-electron chi connectivity index (χ4n) is 4.38. The Balaban J connectivity index is 1.42. The summed E-state index contributed by atoms with van der Waals surface area (Å²) in [6.45, 7) is 5.49. The third-order valence-electron chi connectivity index (χ3n) is 6.06. The Labute approximate surface area is 173 Å². The van der Waals surface area contributed by atoms with Crippen LogP contribution in [0.25, 0.3) is 11.4 Å². The lowest BCUT2D eigenvalue weighted by Gasteiger charge is -2.36. The molecule has 2 aromatic rings. The van der Waals surface area contributed by atoms with Crippen LogP contribution in [0, 0.1) is 12.8 Å². The molecule has 3 heterocycles. The first-order valence-corrected chi connectivity index (χ1v) is 11.9. The highest BCUT2D eigenvalue weighted by Crippen LogP contribution is 2.26. The number of piperazine rings is 1. The van der Waals surface area contributed by atoms with E-state index in [1.807, 2.05) is 12.1 Å². The van der Waals surface area contributed by atoms with Crippen LogP contribution in [0.1, 0.15) is 37.8 Å². The number of sulfonamides is 1. The molecular weight excluding hydrogens is 386 g/mol. The normalized spacial score (nSPS) is 20.0. The largest absolute Gasteiger partial charge is 0.300 e. The highest BCUT2D eigenvalue weighted by Gasteiger charge is 2.31. The summed E-state index contributed by atoms with van der Waals surface area (Å²) in [7, 11) is -3.58. The SMILES string of the molecule is Cc1nc(-c2ccncc2)ncc1S(=O)(=O)N1CCN(CC2CCCCC2)CC1. The van der Waals surface area contributed by atoms with Gasteiger partial charge in [-0.3, -0.25) is 4.98 Å². The van der Waals surface area contributed by atoms with E-state index < -0.39 is 10.0 Å². The number of pyridine rings is 1. The van der Waals surface area contributed by atoms with Gasteiger partial charge in [0.2, 0.25) is 10.0 Å². The first-order valence-electron chi connectivity index (χ1n) is 10.5. The molecule has 0 atom stereocenters. The fraction of sp³-hybridized carbons (Fsp3) is 0.571. The molecular formula is C21H29N5O2S. The van der Waals surface area contributed by atoms with Crippen LogP contribution < -0.4 is 0 Å². The van der Waals surface area contributed by atoms with Gasteiger partial charge in [-0.2, -0.15) is 4.31 Å². The lowest BCUT2D eigenvalue weighted by atomic mass is 9.89. The van der Waals surface area contributed by atoms with Crippen LogP contribution in [0.4, 0.5) is 0 Å². The van der Waals surface area contributed by atoms with E-state index in [0.29, 0.717) is 24.6 Å². The van der Waals surface area contributed by atoms with E-state index in [2.05, 4.69) is 19.9 Å². The standard InChI is InChI=1S/C21H29N5O2S/c1-17-20(15-23-21(24-17)19-7-9-22-10-8-19)29(27,28)26-13-11-25(12-14-26)16-18-5-3-2-4-6-18/h7-10,15,18H,2-6,11-14,16H2,1H3. The molecule has 2 aromatic heterocycles. The smallest absolute Gasteiger partial charge is 0.246 e. The van der Waals surface area contributed by atoms with Gasteiger partial charge in [0.15, 0.2) is 5.82 Å². The summed E-state index contributed by atoms with van der Waals surface area (Å²) in [5, 5.41) is 0. The van der Waals surface area contributed by atoms with E-state index in [0.717, 1.165) is 31.1 Å². The van der Waals surface area contributed by atoms with E-state index in [-0.39, 0.29) is 4.90 Å². The Morgan fingerprint density at radius 2 is 1.72 bits per heavy atom. The lowest BCUT2D eigenvalue weighted by molar-refractivity contribution is 0.150. The van der Waals surface area contributed by atoms with E-state index in [1.165, 1.54) is 38.3 Å². The topological polar surface area (TPSA) is 79.3 Å². The van der Waals surface area contributed by atoms with Gasteiger partial charge in [-0.15, -0.1) is 0 Å².